The van der Waals surface area contributed by atoms with Gasteiger partial charge >= 0.3 is 5.97 Å². The van der Waals surface area contributed by atoms with E-state index in [9.17, 15) is 19.8 Å². The SMILES string of the molecule is C=C(C)C(=O)OCC1COC2(O1)C1CC3CC(C(=O)[O-])(C1)CC2(O)C3. The highest BCUT2D eigenvalue weighted by Crippen LogP contribution is 2.67. The summed E-state index contributed by atoms with van der Waals surface area (Å²) in [6.45, 7) is 5.31. The maximum Gasteiger partial charge on any atom is 0.333 e. The number of aliphatic hydroxyl groups is 1. The van der Waals surface area contributed by atoms with E-state index in [1.807, 2.05) is 0 Å². The zero-order valence-electron chi connectivity index (χ0n) is 14.3. The second kappa shape index (κ2) is 5.28. The number of carboxylic acids is 1. The lowest BCUT2D eigenvalue weighted by molar-refractivity contribution is -0.384. The van der Waals surface area contributed by atoms with Crippen LogP contribution in [0.2, 0.25) is 0 Å². The normalized spacial score (nSPS) is 47.2. The molecule has 0 aromatic carbocycles. The minimum atomic E-state index is -1.34. The van der Waals surface area contributed by atoms with Gasteiger partial charge in [-0.15, -0.1) is 0 Å². The average Bonchev–Trinajstić information content (AvgIpc) is 2.95. The molecule has 7 heteroatoms. The van der Waals surface area contributed by atoms with Gasteiger partial charge in [-0.05, 0) is 44.9 Å². The molecule has 138 valence electrons. The minimum absolute atomic E-state index is 0.0191. The summed E-state index contributed by atoms with van der Waals surface area (Å²) in [5.74, 6) is -2.83. The van der Waals surface area contributed by atoms with Gasteiger partial charge in [0, 0.05) is 22.9 Å². The van der Waals surface area contributed by atoms with Gasteiger partial charge in [-0.3, -0.25) is 0 Å². The maximum absolute atomic E-state index is 11.7. The number of ether oxygens (including phenoxy) is 3. The molecule has 6 unspecified atom stereocenters. The fourth-order valence-corrected chi connectivity index (χ4v) is 5.62. The highest BCUT2D eigenvalue weighted by molar-refractivity contribution is 5.86. The van der Waals surface area contributed by atoms with Gasteiger partial charge in [0.05, 0.1) is 6.61 Å². The molecule has 1 heterocycles. The molecule has 5 fully saturated rings. The predicted molar refractivity (Wildman–Crippen MR) is 81.8 cm³/mol. The van der Waals surface area contributed by atoms with Crippen molar-refractivity contribution in [3.63, 3.8) is 0 Å². The molecule has 1 saturated heterocycles. The third-order valence-corrected chi connectivity index (χ3v) is 6.38. The third kappa shape index (κ3) is 2.29. The molecule has 0 aromatic rings. The number of hydrogen-bond acceptors (Lipinski definition) is 7. The Morgan fingerprint density at radius 2 is 2.12 bits per heavy atom. The van der Waals surface area contributed by atoms with Crippen LogP contribution < -0.4 is 5.11 Å². The van der Waals surface area contributed by atoms with Gasteiger partial charge in [-0.1, -0.05) is 6.58 Å². The van der Waals surface area contributed by atoms with E-state index >= 15 is 0 Å². The molecule has 0 radical (unpaired) electrons. The zero-order valence-corrected chi connectivity index (χ0v) is 14.3. The topological polar surface area (TPSA) is 105 Å². The van der Waals surface area contributed by atoms with Gasteiger partial charge in [0.15, 0.2) is 0 Å². The van der Waals surface area contributed by atoms with Crippen molar-refractivity contribution in [1.29, 1.82) is 0 Å². The van der Waals surface area contributed by atoms with E-state index < -0.39 is 34.8 Å². The second-order valence-corrected chi connectivity index (χ2v) is 8.28. The summed E-state index contributed by atoms with van der Waals surface area (Å²) in [6, 6.07) is 0. The summed E-state index contributed by atoms with van der Waals surface area (Å²) in [6.07, 6.45) is 1.81. The molecule has 4 aliphatic carbocycles. The number of hydrogen-bond donors (Lipinski definition) is 1. The van der Waals surface area contributed by atoms with E-state index in [1.54, 1.807) is 6.92 Å². The van der Waals surface area contributed by atoms with Crippen molar-refractivity contribution >= 4 is 11.9 Å². The van der Waals surface area contributed by atoms with Crippen LogP contribution in [0.1, 0.15) is 39.0 Å². The van der Waals surface area contributed by atoms with Crippen molar-refractivity contribution in [3.8, 4) is 0 Å². The first kappa shape index (κ1) is 17.0. The molecule has 1 spiro atoms. The highest BCUT2D eigenvalue weighted by atomic mass is 16.8. The Balaban J connectivity index is 1.53. The van der Waals surface area contributed by atoms with Crippen LogP contribution in [0.25, 0.3) is 0 Å². The maximum atomic E-state index is 11.7. The number of carbonyl (C=O) groups is 2. The number of carboxylic acid groups (broad SMARTS) is 1. The molecule has 1 aliphatic heterocycles. The molecule has 4 bridgehead atoms. The second-order valence-electron chi connectivity index (χ2n) is 8.28. The summed E-state index contributed by atoms with van der Waals surface area (Å²) >= 11 is 0. The van der Waals surface area contributed by atoms with Crippen molar-refractivity contribution in [2.24, 2.45) is 17.3 Å². The first-order chi connectivity index (χ1) is 11.7. The lowest BCUT2D eigenvalue weighted by atomic mass is 9.45. The molecule has 25 heavy (non-hydrogen) atoms. The quantitative estimate of drug-likeness (QED) is 0.557. The molecular weight excluding hydrogens is 328 g/mol. The van der Waals surface area contributed by atoms with Gasteiger partial charge in [-0.2, -0.15) is 0 Å². The van der Waals surface area contributed by atoms with Crippen LogP contribution in [0.4, 0.5) is 0 Å². The summed E-state index contributed by atoms with van der Waals surface area (Å²) in [5, 5.41) is 23.0. The fourth-order valence-electron chi connectivity index (χ4n) is 5.62. The molecule has 4 saturated carbocycles. The Labute approximate surface area is 145 Å². The lowest BCUT2D eigenvalue weighted by Crippen LogP contribution is -2.74. The van der Waals surface area contributed by atoms with Crippen molar-refractivity contribution in [1.82, 2.24) is 0 Å². The number of aliphatic carboxylic acids is 1. The zero-order chi connectivity index (χ0) is 18.0. The first-order valence-corrected chi connectivity index (χ1v) is 8.78. The van der Waals surface area contributed by atoms with E-state index in [0.717, 1.165) is 6.42 Å². The largest absolute Gasteiger partial charge is 0.550 e. The summed E-state index contributed by atoms with van der Waals surface area (Å²) < 4.78 is 17.2. The standard InChI is InChI=1S/C18H24O7/c1-10(2)14(19)23-7-13-8-24-18(25-13)12-3-11-4-16(6-12,15(20)21)9-17(18,22)5-11/h11-13,22H,1,3-9H2,2H3,(H,20,21)/p-1. The first-order valence-electron chi connectivity index (χ1n) is 8.78. The molecule has 1 N–H and O–H groups in total. The van der Waals surface area contributed by atoms with Crippen LogP contribution in [0.15, 0.2) is 12.2 Å². The third-order valence-electron chi connectivity index (χ3n) is 6.38. The van der Waals surface area contributed by atoms with E-state index in [1.165, 1.54) is 0 Å². The fraction of sp³-hybridized carbons (Fsp3) is 0.778. The summed E-state index contributed by atoms with van der Waals surface area (Å²) in [5.41, 5.74) is -2.02. The molecule has 6 atom stereocenters. The molecule has 7 nitrogen and oxygen atoms in total. The Morgan fingerprint density at radius 1 is 1.36 bits per heavy atom. The highest BCUT2D eigenvalue weighted by Gasteiger charge is 2.73. The number of carbonyl (C=O) groups excluding carboxylic acids is 2. The summed E-state index contributed by atoms with van der Waals surface area (Å²) in [4.78, 5) is 23.3. The predicted octanol–water partition coefficient (Wildman–Crippen LogP) is -0.0915. The Hall–Kier alpha value is -1.44. The van der Waals surface area contributed by atoms with E-state index in [-0.39, 0.29) is 31.5 Å². The van der Waals surface area contributed by atoms with E-state index in [0.29, 0.717) is 24.8 Å². The number of esters is 1. The average molecular weight is 351 g/mol. The lowest BCUT2D eigenvalue weighted by Gasteiger charge is -2.66. The van der Waals surface area contributed by atoms with Crippen molar-refractivity contribution in [2.75, 3.05) is 13.2 Å². The molecule has 0 aromatic heterocycles. The molecule has 5 aliphatic rings. The van der Waals surface area contributed by atoms with Gasteiger partial charge in [0.25, 0.3) is 0 Å². The van der Waals surface area contributed by atoms with Crippen LogP contribution in [0.3, 0.4) is 0 Å². The summed E-state index contributed by atoms with van der Waals surface area (Å²) in [7, 11) is 0. The van der Waals surface area contributed by atoms with Gasteiger partial charge in [0.2, 0.25) is 5.79 Å². The monoisotopic (exact) mass is 351 g/mol. The van der Waals surface area contributed by atoms with Gasteiger partial charge < -0.3 is 29.2 Å². The smallest absolute Gasteiger partial charge is 0.333 e. The van der Waals surface area contributed by atoms with Crippen LogP contribution in [-0.4, -0.2) is 47.8 Å². The van der Waals surface area contributed by atoms with Crippen molar-refractivity contribution < 1.29 is 34.0 Å². The molecular formula is C18H23O7-. The molecule has 0 amide bonds. The van der Waals surface area contributed by atoms with Crippen LogP contribution in [-0.2, 0) is 23.8 Å². The Bertz CT molecular complexity index is 645. The minimum Gasteiger partial charge on any atom is -0.550 e. The van der Waals surface area contributed by atoms with E-state index in [2.05, 4.69) is 6.58 Å². The Morgan fingerprint density at radius 3 is 2.76 bits per heavy atom. The van der Waals surface area contributed by atoms with Gasteiger partial charge in [0.1, 0.15) is 18.3 Å². The van der Waals surface area contributed by atoms with E-state index in [4.69, 9.17) is 14.2 Å². The van der Waals surface area contributed by atoms with Crippen molar-refractivity contribution in [2.45, 2.75) is 56.5 Å². The van der Waals surface area contributed by atoms with Crippen molar-refractivity contribution in [3.05, 3.63) is 12.2 Å². The van der Waals surface area contributed by atoms with Crippen LogP contribution in [0, 0.1) is 17.3 Å². The van der Waals surface area contributed by atoms with Crippen LogP contribution in [0.5, 0.6) is 0 Å². The molecule has 5 rings (SSSR count). The Kier molecular flexibility index (Phi) is 3.59. The van der Waals surface area contributed by atoms with Crippen LogP contribution >= 0.6 is 0 Å². The van der Waals surface area contributed by atoms with Gasteiger partial charge in [-0.25, -0.2) is 4.79 Å². The number of rotatable bonds is 4.